The molecule has 1 atom stereocenters. The van der Waals surface area contributed by atoms with Gasteiger partial charge in [-0.15, -0.1) is 0 Å². The summed E-state index contributed by atoms with van der Waals surface area (Å²) in [6.07, 6.45) is -2.92. The van der Waals surface area contributed by atoms with Crippen LogP contribution in [0.4, 0.5) is 13.2 Å². The van der Waals surface area contributed by atoms with Crippen LogP contribution in [0.1, 0.15) is 44.6 Å². The molecule has 0 aliphatic heterocycles. The third-order valence-corrected chi connectivity index (χ3v) is 3.75. The Hall–Kier alpha value is -1.24. The highest BCUT2D eigenvalue weighted by molar-refractivity contribution is 7.85. The highest BCUT2D eigenvalue weighted by atomic mass is 32.2. The van der Waals surface area contributed by atoms with Gasteiger partial charge in [-0.05, 0) is 44.9 Å². The summed E-state index contributed by atoms with van der Waals surface area (Å²) in [6.45, 7) is 6.95. The molecule has 1 heterocycles. The first-order chi connectivity index (χ1) is 9.04. The van der Waals surface area contributed by atoms with Crippen LogP contribution in [0.3, 0.4) is 0 Å². The number of pyridine rings is 1. The van der Waals surface area contributed by atoms with E-state index in [1.165, 1.54) is 6.07 Å². The van der Waals surface area contributed by atoms with Crippen molar-refractivity contribution in [2.45, 2.75) is 45.0 Å². The summed E-state index contributed by atoms with van der Waals surface area (Å²) >= 11 is 0. The topological polar surface area (TPSA) is 42.3 Å². The van der Waals surface area contributed by atoms with Crippen LogP contribution in [0.5, 0.6) is 0 Å². The molecule has 0 bridgehead atoms. The van der Waals surface area contributed by atoms with Crippen molar-refractivity contribution in [1.82, 2.24) is 4.98 Å². The summed E-state index contributed by atoms with van der Waals surface area (Å²) in [6, 6.07) is 2.52. The van der Waals surface area contributed by atoms with Crippen LogP contribution >= 0.6 is 0 Å². The van der Waals surface area contributed by atoms with Crippen molar-refractivity contribution in [3.05, 3.63) is 29.1 Å². The van der Waals surface area contributed by atoms with Gasteiger partial charge in [0.1, 0.15) is 16.7 Å². The predicted molar refractivity (Wildman–Crippen MR) is 74.1 cm³/mol. The first kappa shape index (κ1) is 16.8. The van der Waals surface area contributed by atoms with E-state index >= 15 is 0 Å². The molecule has 0 amide bonds. The average molecular weight is 306 g/mol. The molecule has 0 aliphatic rings. The van der Waals surface area contributed by atoms with Gasteiger partial charge in [0, 0.05) is 0 Å². The molecule has 1 rings (SSSR count). The summed E-state index contributed by atoms with van der Waals surface area (Å²) < 4.78 is 53.1. The maximum atomic E-state index is 12.7. The Kier molecular flexibility index (Phi) is 5.07. The zero-order valence-corrected chi connectivity index (χ0v) is 12.6. The standard InChI is InChI=1S/C13H17F3N2OS/c1-5-9-6-10(8-17-20(19)12(2,3)4)18-11(7-9)13(14,15)16/h6-8H,5H2,1-4H3/b17-8+. The van der Waals surface area contributed by atoms with Gasteiger partial charge in [0.25, 0.3) is 0 Å². The van der Waals surface area contributed by atoms with Crippen molar-refractivity contribution in [1.29, 1.82) is 0 Å². The van der Waals surface area contributed by atoms with Gasteiger partial charge in [-0.25, -0.2) is 9.19 Å². The van der Waals surface area contributed by atoms with E-state index in [1.807, 2.05) is 0 Å². The molecule has 0 aliphatic carbocycles. The van der Waals surface area contributed by atoms with Crippen LogP contribution < -0.4 is 0 Å². The second kappa shape index (κ2) is 6.03. The summed E-state index contributed by atoms with van der Waals surface area (Å²) in [7, 11) is -1.53. The first-order valence-electron chi connectivity index (χ1n) is 6.08. The zero-order chi connectivity index (χ0) is 15.6. The van der Waals surface area contributed by atoms with Gasteiger partial charge in [-0.1, -0.05) is 6.92 Å². The molecule has 0 spiro atoms. The van der Waals surface area contributed by atoms with E-state index in [1.54, 1.807) is 27.7 Å². The van der Waals surface area contributed by atoms with E-state index in [2.05, 4.69) is 9.38 Å². The SMILES string of the molecule is CCc1cc(/C=N/S(=O)C(C)(C)C)nc(C(F)(F)F)c1. The van der Waals surface area contributed by atoms with Gasteiger partial charge in [0.2, 0.25) is 0 Å². The molecule has 7 heteroatoms. The van der Waals surface area contributed by atoms with Gasteiger partial charge in [0.05, 0.1) is 16.7 Å². The Morgan fingerprint density at radius 1 is 1.30 bits per heavy atom. The lowest BCUT2D eigenvalue weighted by atomic mass is 10.1. The fraction of sp³-hybridized carbons (Fsp3) is 0.538. The minimum atomic E-state index is -4.50. The van der Waals surface area contributed by atoms with Gasteiger partial charge in [-0.2, -0.15) is 17.6 Å². The summed E-state index contributed by atoms with van der Waals surface area (Å²) in [5.74, 6) is 0. The van der Waals surface area contributed by atoms with Crippen LogP contribution in [0.2, 0.25) is 0 Å². The molecule has 0 saturated carbocycles. The van der Waals surface area contributed by atoms with E-state index in [-0.39, 0.29) is 5.69 Å². The third kappa shape index (κ3) is 4.70. The highest BCUT2D eigenvalue weighted by Crippen LogP contribution is 2.28. The van der Waals surface area contributed by atoms with E-state index in [0.29, 0.717) is 12.0 Å². The van der Waals surface area contributed by atoms with E-state index < -0.39 is 27.6 Å². The molecule has 20 heavy (non-hydrogen) atoms. The number of hydrogen-bond donors (Lipinski definition) is 0. The summed E-state index contributed by atoms with van der Waals surface area (Å²) in [5, 5.41) is 0. The number of aromatic nitrogens is 1. The van der Waals surface area contributed by atoms with E-state index in [0.717, 1.165) is 12.3 Å². The van der Waals surface area contributed by atoms with Crippen molar-refractivity contribution in [2.24, 2.45) is 4.40 Å². The van der Waals surface area contributed by atoms with Crippen molar-refractivity contribution in [3.8, 4) is 0 Å². The van der Waals surface area contributed by atoms with Crippen LogP contribution in [0, 0.1) is 0 Å². The quantitative estimate of drug-likeness (QED) is 0.802. The molecule has 0 N–H and O–H groups in total. The number of alkyl halides is 3. The Morgan fingerprint density at radius 3 is 2.35 bits per heavy atom. The lowest BCUT2D eigenvalue weighted by molar-refractivity contribution is -0.141. The predicted octanol–water partition coefficient (Wildman–Crippen LogP) is 3.54. The lowest BCUT2D eigenvalue weighted by Gasteiger charge is -2.13. The Labute approximate surface area is 118 Å². The number of aryl methyl sites for hydroxylation is 1. The smallest absolute Gasteiger partial charge is 0.242 e. The van der Waals surface area contributed by atoms with Crippen molar-refractivity contribution in [3.63, 3.8) is 0 Å². The van der Waals surface area contributed by atoms with Crippen molar-refractivity contribution >= 4 is 17.2 Å². The average Bonchev–Trinajstić information content (AvgIpc) is 2.33. The van der Waals surface area contributed by atoms with Gasteiger partial charge in [-0.3, -0.25) is 0 Å². The molecule has 1 aromatic heterocycles. The van der Waals surface area contributed by atoms with Gasteiger partial charge in [0.15, 0.2) is 0 Å². The molecule has 0 aromatic carbocycles. The minimum Gasteiger partial charge on any atom is -0.242 e. The summed E-state index contributed by atoms with van der Waals surface area (Å²) in [4.78, 5) is 3.50. The Morgan fingerprint density at radius 2 is 1.90 bits per heavy atom. The number of nitrogens with zero attached hydrogens (tertiary/aromatic N) is 2. The number of hydrogen-bond acceptors (Lipinski definition) is 2. The van der Waals surface area contributed by atoms with Gasteiger partial charge >= 0.3 is 6.18 Å². The van der Waals surface area contributed by atoms with Crippen molar-refractivity contribution < 1.29 is 17.4 Å². The fourth-order valence-electron chi connectivity index (χ4n) is 1.29. The van der Waals surface area contributed by atoms with Crippen LogP contribution in [-0.2, 0) is 23.6 Å². The van der Waals surface area contributed by atoms with Crippen LogP contribution in [0.15, 0.2) is 16.5 Å². The number of halogens is 3. The second-order valence-corrected chi connectivity index (χ2v) is 7.17. The molecule has 1 unspecified atom stereocenters. The monoisotopic (exact) mass is 306 g/mol. The molecule has 1 aromatic rings. The van der Waals surface area contributed by atoms with Crippen molar-refractivity contribution in [2.75, 3.05) is 0 Å². The highest BCUT2D eigenvalue weighted by Gasteiger charge is 2.33. The van der Waals surface area contributed by atoms with E-state index in [9.17, 15) is 17.4 Å². The number of rotatable bonds is 3. The van der Waals surface area contributed by atoms with E-state index in [4.69, 9.17) is 0 Å². The van der Waals surface area contributed by atoms with Crippen LogP contribution in [0.25, 0.3) is 0 Å². The minimum absolute atomic E-state index is 0.0641. The molecule has 0 fully saturated rings. The van der Waals surface area contributed by atoms with Crippen LogP contribution in [-0.4, -0.2) is 20.2 Å². The largest absolute Gasteiger partial charge is 0.433 e. The molecule has 112 valence electrons. The molecule has 0 radical (unpaired) electrons. The fourth-order valence-corrected chi connectivity index (χ4v) is 1.81. The first-order valence-corrected chi connectivity index (χ1v) is 7.19. The molecular weight excluding hydrogens is 289 g/mol. The van der Waals surface area contributed by atoms with Gasteiger partial charge < -0.3 is 0 Å². The normalized spacial score (nSPS) is 14.8. The zero-order valence-electron chi connectivity index (χ0n) is 11.8. The second-order valence-electron chi connectivity index (χ2n) is 5.23. The lowest BCUT2D eigenvalue weighted by Crippen LogP contribution is -2.19. The Balaban J connectivity index is 3.13. The molecular formula is C13H17F3N2OS. The Bertz CT molecular complexity index is 533. The third-order valence-electron chi connectivity index (χ3n) is 2.41. The maximum Gasteiger partial charge on any atom is 0.433 e. The molecule has 3 nitrogen and oxygen atoms in total. The summed E-state index contributed by atoms with van der Waals surface area (Å²) in [5.41, 5.74) is -0.385. The molecule has 0 saturated heterocycles. The maximum absolute atomic E-state index is 12.7.